The molecule has 0 radical (unpaired) electrons. The third-order valence-electron chi connectivity index (χ3n) is 6.73. The fourth-order valence-corrected chi connectivity index (χ4v) is 7.60. The van der Waals surface area contributed by atoms with Gasteiger partial charge < -0.3 is 14.8 Å². The zero-order chi connectivity index (χ0) is 24.6. The molecule has 5 rings (SSSR count). The number of carbonyl (C=O) groups excluding carboxylic acids is 1. The molecule has 2 aromatic rings. The minimum absolute atomic E-state index is 0.155. The van der Waals surface area contributed by atoms with Gasteiger partial charge in [0.25, 0.3) is 0 Å². The van der Waals surface area contributed by atoms with Gasteiger partial charge in [0, 0.05) is 37.1 Å². The largest absolute Gasteiger partial charge is 0.486 e. The van der Waals surface area contributed by atoms with E-state index in [-0.39, 0.29) is 17.3 Å². The number of ether oxygens (including phenoxy) is 2. The molecule has 35 heavy (non-hydrogen) atoms. The van der Waals surface area contributed by atoms with Crippen LogP contribution < -0.4 is 14.8 Å². The molecule has 1 fully saturated rings. The standard InChI is InChI=1S/C24H28N4O5S2/c1-16-2-4-18-19(14-25)24(34-22(18)12-16)26-23(29)15-27-6-8-28(9-7-27)35(30,31)17-3-5-20-21(13-17)33-11-10-32-20/h3,5,13,16H,2,4,6-12,15H2,1H3,(H,26,29)/t16-/m1/s1. The number of hydrogen-bond acceptors (Lipinski definition) is 8. The smallest absolute Gasteiger partial charge is 0.243 e. The van der Waals surface area contributed by atoms with E-state index in [4.69, 9.17) is 9.47 Å². The summed E-state index contributed by atoms with van der Waals surface area (Å²) < 4.78 is 38.7. The highest BCUT2D eigenvalue weighted by atomic mass is 32.2. The molecular weight excluding hydrogens is 488 g/mol. The van der Waals surface area contributed by atoms with Crippen LogP contribution in [0.15, 0.2) is 23.1 Å². The second-order valence-corrected chi connectivity index (χ2v) is 12.2. The lowest BCUT2D eigenvalue weighted by Gasteiger charge is -2.33. The molecule has 0 saturated carbocycles. The maximum atomic E-state index is 13.1. The van der Waals surface area contributed by atoms with Crippen molar-refractivity contribution >= 4 is 32.3 Å². The Bertz CT molecular complexity index is 1280. The Hall–Kier alpha value is -2.65. The predicted octanol–water partition coefficient (Wildman–Crippen LogP) is 2.46. The van der Waals surface area contributed by atoms with Crippen LogP contribution in [0.3, 0.4) is 0 Å². The molecule has 1 aromatic carbocycles. The topological polar surface area (TPSA) is 112 Å². The number of hydrogen-bond donors (Lipinski definition) is 1. The second-order valence-electron chi connectivity index (χ2n) is 9.20. The van der Waals surface area contributed by atoms with Crippen molar-refractivity contribution in [3.8, 4) is 17.6 Å². The Morgan fingerprint density at radius 1 is 1.20 bits per heavy atom. The average molecular weight is 517 g/mol. The third kappa shape index (κ3) is 4.89. The monoisotopic (exact) mass is 516 g/mol. The normalized spacial score (nSPS) is 20.6. The van der Waals surface area contributed by atoms with E-state index >= 15 is 0 Å². The van der Waals surface area contributed by atoms with Crippen molar-refractivity contribution in [1.82, 2.24) is 9.21 Å². The molecule has 9 nitrogen and oxygen atoms in total. The number of thiophene rings is 1. The first kappa shape index (κ1) is 24.1. The summed E-state index contributed by atoms with van der Waals surface area (Å²) >= 11 is 1.51. The molecule has 1 saturated heterocycles. The van der Waals surface area contributed by atoms with Gasteiger partial charge >= 0.3 is 0 Å². The van der Waals surface area contributed by atoms with Crippen LogP contribution >= 0.6 is 11.3 Å². The summed E-state index contributed by atoms with van der Waals surface area (Å²) in [6, 6.07) is 6.95. The van der Waals surface area contributed by atoms with E-state index in [9.17, 15) is 18.5 Å². The van der Waals surface area contributed by atoms with Gasteiger partial charge in [-0.1, -0.05) is 6.92 Å². The molecule has 1 aromatic heterocycles. The molecule has 186 valence electrons. The van der Waals surface area contributed by atoms with Crippen molar-refractivity contribution in [2.45, 2.75) is 31.1 Å². The van der Waals surface area contributed by atoms with Crippen LogP contribution in [-0.4, -0.2) is 69.5 Å². The van der Waals surface area contributed by atoms with E-state index in [2.05, 4.69) is 18.3 Å². The van der Waals surface area contributed by atoms with Gasteiger partial charge in [0.2, 0.25) is 15.9 Å². The second kappa shape index (κ2) is 9.78. The molecule has 0 bridgehead atoms. The summed E-state index contributed by atoms with van der Waals surface area (Å²) in [6.45, 7) is 4.67. The zero-order valence-corrected chi connectivity index (χ0v) is 21.2. The molecule has 0 spiro atoms. The Kier molecular flexibility index (Phi) is 6.72. The van der Waals surface area contributed by atoms with Crippen molar-refractivity contribution in [3.63, 3.8) is 0 Å². The molecule has 1 amide bonds. The SMILES string of the molecule is C[C@@H]1CCc2c(sc(NC(=O)CN3CCN(S(=O)(=O)c4ccc5c(c4)OCCO5)CC3)c2C#N)C1. The Morgan fingerprint density at radius 2 is 1.94 bits per heavy atom. The molecule has 11 heteroatoms. The summed E-state index contributed by atoms with van der Waals surface area (Å²) in [6.07, 6.45) is 2.89. The molecule has 1 aliphatic carbocycles. The summed E-state index contributed by atoms with van der Waals surface area (Å²) in [5.74, 6) is 1.39. The van der Waals surface area contributed by atoms with Crippen molar-refractivity contribution in [1.29, 1.82) is 5.26 Å². The molecule has 0 unspecified atom stereocenters. The Labute approximate surface area is 209 Å². The Morgan fingerprint density at radius 3 is 2.69 bits per heavy atom. The molecule has 3 aliphatic rings. The van der Waals surface area contributed by atoms with Crippen molar-refractivity contribution < 1.29 is 22.7 Å². The van der Waals surface area contributed by atoms with Gasteiger partial charge in [-0.2, -0.15) is 9.57 Å². The number of piperazine rings is 1. The summed E-state index contributed by atoms with van der Waals surface area (Å²) in [4.78, 5) is 16.1. The first-order valence-corrected chi connectivity index (χ1v) is 14.1. The predicted molar refractivity (Wildman–Crippen MR) is 131 cm³/mol. The number of carbonyl (C=O) groups is 1. The van der Waals surface area contributed by atoms with Crippen LogP contribution in [0.4, 0.5) is 5.00 Å². The van der Waals surface area contributed by atoms with Gasteiger partial charge in [-0.25, -0.2) is 8.42 Å². The van der Waals surface area contributed by atoms with Crippen LogP contribution in [-0.2, 0) is 27.7 Å². The number of nitriles is 1. The maximum Gasteiger partial charge on any atom is 0.243 e. The Balaban J connectivity index is 1.18. The highest BCUT2D eigenvalue weighted by Crippen LogP contribution is 2.39. The van der Waals surface area contributed by atoms with Gasteiger partial charge in [-0.15, -0.1) is 11.3 Å². The summed E-state index contributed by atoms with van der Waals surface area (Å²) in [5.41, 5.74) is 1.68. The minimum Gasteiger partial charge on any atom is -0.486 e. The lowest BCUT2D eigenvalue weighted by Crippen LogP contribution is -2.50. The number of anilines is 1. The zero-order valence-electron chi connectivity index (χ0n) is 19.6. The van der Waals surface area contributed by atoms with Crippen LogP contribution in [0, 0.1) is 17.2 Å². The number of rotatable bonds is 5. The van der Waals surface area contributed by atoms with E-state index in [1.165, 1.54) is 32.7 Å². The van der Waals surface area contributed by atoms with Crippen molar-refractivity contribution in [2.75, 3.05) is 51.3 Å². The van der Waals surface area contributed by atoms with Gasteiger partial charge in [0.05, 0.1) is 17.0 Å². The van der Waals surface area contributed by atoms with Crippen molar-refractivity contribution in [3.05, 3.63) is 34.2 Å². The number of sulfonamides is 1. The van der Waals surface area contributed by atoms with E-state index in [1.807, 2.05) is 4.90 Å². The van der Waals surface area contributed by atoms with Crippen LogP contribution in [0.25, 0.3) is 0 Å². The molecule has 1 atom stereocenters. The lowest BCUT2D eigenvalue weighted by atomic mass is 9.89. The lowest BCUT2D eigenvalue weighted by molar-refractivity contribution is -0.117. The van der Waals surface area contributed by atoms with Crippen LogP contribution in [0.1, 0.15) is 29.3 Å². The highest BCUT2D eigenvalue weighted by molar-refractivity contribution is 7.89. The third-order valence-corrected chi connectivity index (χ3v) is 9.79. The molecule has 2 aliphatic heterocycles. The minimum atomic E-state index is -3.68. The van der Waals surface area contributed by atoms with E-state index in [0.717, 1.165) is 24.8 Å². The fourth-order valence-electron chi connectivity index (χ4n) is 4.79. The van der Waals surface area contributed by atoms with Crippen LogP contribution in [0.2, 0.25) is 0 Å². The van der Waals surface area contributed by atoms with Crippen LogP contribution in [0.5, 0.6) is 11.5 Å². The van der Waals surface area contributed by atoms with Gasteiger partial charge in [-0.3, -0.25) is 9.69 Å². The number of amides is 1. The number of benzene rings is 1. The number of fused-ring (bicyclic) bond motifs is 2. The van der Waals surface area contributed by atoms with Gasteiger partial charge in [0.15, 0.2) is 11.5 Å². The molecular formula is C24H28N4O5S2. The number of nitrogens with one attached hydrogen (secondary N) is 1. The first-order chi connectivity index (χ1) is 16.8. The molecule has 1 N–H and O–H groups in total. The van der Waals surface area contributed by atoms with Gasteiger partial charge in [0.1, 0.15) is 24.3 Å². The van der Waals surface area contributed by atoms with E-state index in [1.54, 1.807) is 6.07 Å². The molecule has 3 heterocycles. The highest BCUT2D eigenvalue weighted by Gasteiger charge is 2.31. The first-order valence-electron chi connectivity index (χ1n) is 11.8. The number of nitrogens with zero attached hydrogens (tertiary/aromatic N) is 3. The van der Waals surface area contributed by atoms with Gasteiger partial charge in [-0.05, 0) is 42.9 Å². The van der Waals surface area contributed by atoms with E-state index < -0.39 is 10.0 Å². The quantitative estimate of drug-likeness (QED) is 0.650. The summed E-state index contributed by atoms with van der Waals surface area (Å²) in [7, 11) is -3.68. The maximum absolute atomic E-state index is 13.1. The fraction of sp³-hybridized carbons (Fsp3) is 0.500. The summed E-state index contributed by atoms with van der Waals surface area (Å²) in [5, 5.41) is 13.2. The van der Waals surface area contributed by atoms with E-state index in [0.29, 0.717) is 67.4 Å². The average Bonchev–Trinajstić information content (AvgIpc) is 3.19. The van der Waals surface area contributed by atoms with Crippen molar-refractivity contribution in [2.24, 2.45) is 5.92 Å².